The van der Waals surface area contributed by atoms with Gasteiger partial charge >= 0.3 is 0 Å². The van der Waals surface area contributed by atoms with Crippen molar-refractivity contribution in [2.75, 3.05) is 0 Å². The Morgan fingerprint density at radius 3 is 2.00 bits per heavy atom. The average molecular weight is 270 g/mol. The largest absolute Gasteiger partial charge is 0.289 e. The molecule has 0 aromatic heterocycles. The van der Waals surface area contributed by atoms with Gasteiger partial charge in [0.25, 0.3) is 0 Å². The van der Waals surface area contributed by atoms with Crippen molar-refractivity contribution in [2.45, 2.75) is 32.6 Å². The molecule has 0 aliphatic carbocycles. The first-order valence-electron chi connectivity index (χ1n) is 7.10. The molecule has 20 heavy (non-hydrogen) atoms. The van der Waals surface area contributed by atoms with Crippen molar-refractivity contribution in [1.82, 2.24) is 0 Å². The molecule has 0 radical (unpaired) electrons. The van der Waals surface area contributed by atoms with Crippen LogP contribution < -0.4 is 0 Å². The molecule has 0 bridgehead atoms. The molecule has 0 saturated heterocycles. The first kappa shape index (κ1) is 14.4. The van der Waals surface area contributed by atoms with Gasteiger partial charge < -0.3 is 0 Å². The highest BCUT2D eigenvalue weighted by atomic mass is 19.1. The van der Waals surface area contributed by atoms with Gasteiger partial charge in [0.15, 0.2) is 5.78 Å². The third-order valence-corrected chi connectivity index (χ3v) is 3.39. The maximum absolute atomic E-state index is 12.8. The van der Waals surface area contributed by atoms with Gasteiger partial charge in [0.05, 0.1) is 0 Å². The minimum Gasteiger partial charge on any atom is -0.289 e. The fraction of sp³-hybridized carbons (Fsp3) is 0.278. The predicted octanol–water partition coefficient (Wildman–Crippen LogP) is 4.79. The molecular weight excluding hydrogens is 251 g/mol. The van der Waals surface area contributed by atoms with Crippen LogP contribution in [-0.4, -0.2) is 5.78 Å². The maximum atomic E-state index is 12.8. The highest BCUT2D eigenvalue weighted by molar-refractivity contribution is 6.08. The smallest absolute Gasteiger partial charge is 0.193 e. The monoisotopic (exact) mass is 270 g/mol. The molecule has 0 heterocycles. The summed E-state index contributed by atoms with van der Waals surface area (Å²) in [7, 11) is 0. The Hall–Kier alpha value is -1.96. The van der Waals surface area contributed by atoms with Gasteiger partial charge in [0.2, 0.25) is 0 Å². The number of ketones is 1. The van der Waals surface area contributed by atoms with Crippen molar-refractivity contribution in [3.8, 4) is 0 Å². The lowest BCUT2D eigenvalue weighted by atomic mass is 10.0. The molecule has 0 aliphatic heterocycles. The Bertz CT molecular complexity index is 555. The highest BCUT2D eigenvalue weighted by Crippen LogP contribution is 2.13. The normalized spacial score (nSPS) is 10.5. The molecule has 0 unspecified atom stereocenters. The second kappa shape index (κ2) is 6.99. The number of unbranched alkanes of at least 4 members (excludes halogenated alkanes) is 2. The fourth-order valence-corrected chi connectivity index (χ4v) is 2.17. The van der Waals surface area contributed by atoms with Crippen LogP contribution in [0, 0.1) is 5.82 Å². The van der Waals surface area contributed by atoms with Crippen molar-refractivity contribution < 1.29 is 9.18 Å². The Labute approximate surface area is 119 Å². The molecule has 0 fully saturated rings. The zero-order valence-electron chi connectivity index (χ0n) is 11.7. The Morgan fingerprint density at radius 1 is 0.900 bits per heavy atom. The van der Waals surface area contributed by atoms with E-state index in [-0.39, 0.29) is 11.6 Å². The summed E-state index contributed by atoms with van der Waals surface area (Å²) in [5.74, 6) is -0.391. The molecule has 0 N–H and O–H groups in total. The van der Waals surface area contributed by atoms with Gasteiger partial charge in [-0.05, 0) is 42.7 Å². The third kappa shape index (κ3) is 3.77. The van der Waals surface area contributed by atoms with Gasteiger partial charge in [-0.25, -0.2) is 4.39 Å². The number of carbonyl (C=O) groups is 1. The highest BCUT2D eigenvalue weighted by Gasteiger charge is 2.08. The first-order chi connectivity index (χ1) is 9.70. The number of halogens is 1. The standard InChI is InChI=1S/C18H19FO/c1-2-3-4-5-14-6-8-15(9-7-14)18(20)16-10-12-17(19)13-11-16/h6-13H,2-5H2,1H3. The van der Waals surface area contributed by atoms with E-state index in [2.05, 4.69) is 6.92 Å². The minimum atomic E-state index is -0.326. The van der Waals surface area contributed by atoms with E-state index < -0.39 is 0 Å². The number of hydrogen-bond acceptors (Lipinski definition) is 1. The van der Waals surface area contributed by atoms with Crippen LogP contribution in [0.5, 0.6) is 0 Å². The topological polar surface area (TPSA) is 17.1 Å². The van der Waals surface area contributed by atoms with Crippen LogP contribution in [0.25, 0.3) is 0 Å². The van der Waals surface area contributed by atoms with E-state index in [0.717, 1.165) is 6.42 Å². The van der Waals surface area contributed by atoms with E-state index in [9.17, 15) is 9.18 Å². The van der Waals surface area contributed by atoms with Crippen molar-refractivity contribution >= 4 is 5.78 Å². The Morgan fingerprint density at radius 2 is 1.45 bits per heavy atom. The van der Waals surface area contributed by atoms with E-state index in [1.165, 1.54) is 49.1 Å². The van der Waals surface area contributed by atoms with E-state index >= 15 is 0 Å². The average Bonchev–Trinajstić information content (AvgIpc) is 2.48. The number of aryl methyl sites for hydroxylation is 1. The Kier molecular flexibility index (Phi) is 5.05. The van der Waals surface area contributed by atoms with E-state index in [0.29, 0.717) is 11.1 Å². The SMILES string of the molecule is CCCCCc1ccc(C(=O)c2ccc(F)cc2)cc1. The number of benzene rings is 2. The van der Waals surface area contributed by atoms with Crippen LogP contribution in [0.2, 0.25) is 0 Å². The van der Waals surface area contributed by atoms with Crippen LogP contribution in [0.1, 0.15) is 47.7 Å². The van der Waals surface area contributed by atoms with E-state index in [1.54, 1.807) is 0 Å². The van der Waals surface area contributed by atoms with Gasteiger partial charge in [0, 0.05) is 11.1 Å². The van der Waals surface area contributed by atoms with Crippen molar-refractivity contribution in [1.29, 1.82) is 0 Å². The molecule has 0 amide bonds. The number of rotatable bonds is 6. The molecule has 1 nitrogen and oxygen atoms in total. The second-order valence-electron chi connectivity index (χ2n) is 4.99. The summed E-state index contributed by atoms with van der Waals surface area (Å²) in [5, 5.41) is 0. The summed E-state index contributed by atoms with van der Waals surface area (Å²) in [6.45, 7) is 2.18. The van der Waals surface area contributed by atoms with E-state index in [4.69, 9.17) is 0 Å². The molecule has 2 heteroatoms. The van der Waals surface area contributed by atoms with Gasteiger partial charge in [-0.1, -0.05) is 44.0 Å². The van der Waals surface area contributed by atoms with Gasteiger partial charge in [-0.2, -0.15) is 0 Å². The van der Waals surface area contributed by atoms with Crippen LogP contribution in [0.3, 0.4) is 0 Å². The molecule has 0 spiro atoms. The second-order valence-corrected chi connectivity index (χ2v) is 4.99. The Balaban J connectivity index is 2.05. The summed E-state index contributed by atoms with van der Waals surface area (Å²) in [5.41, 5.74) is 2.43. The summed E-state index contributed by atoms with van der Waals surface area (Å²) in [4.78, 5) is 12.2. The molecule has 2 aromatic carbocycles. The summed E-state index contributed by atoms with van der Waals surface area (Å²) in [6.07, 6.45) is 4.68. The predicted molar refractivity (Wildman–Crippen MR) is 79.5 cm³/mol. The molecule has 2 rings (SSSR count). The molecule has 2 aromatic rings. The number of carbonyl (C=O) groups excluding carboxylic acids is 1. The number of hydrogen-bond donors (Lipinski definition) is 0. The summed E-state index contributed by atoms with van der Waals surface area (Å²) < 4.78 is 12.8. The van der Waals surface area contributed by atoms with E-state index in [1.807, 2.05) is 24.3 Å². The van der Waals surface area contributed by atoms with Gasteiger partial charge in [-0.15, -0.1) is 0 Å². The molecule has 104 valence electrons. The zero-order valence-corrected chi connectivity index (χ0v) is 11.7. The minimum absolute atomic E-state index is 0.0647. The van der Waals surface area contributed by atoms with Gasteiger partial charge in [-0.3, -0.25) is 4.79 Å². The maximum Gasteiger partial charge on any atom is 0.193 e. The quantitative estimate of drug-likeness (QED) is 0.545. The van der Waals surface area contributed by atoms with Crippen LogP contribution >= 0.6 is 0 Å². The lowest BCUT2D eigenvalue weighted by Gasteiger charge is -2.04. The lowest BCUT2D eigenvalue weighted by molar-refractivity contribution is 0.103. The molecule has 0 aliphatic rings. The fourth-order valence-electron chi connectivity index (χ4n) is 2.17. The van der Waals surface area contributed by atoms with Crippen LogP contribution in [0.4, 0.5) is 4.39 Å². The summed E-state index contributed by atoms with van der Waals surface area (Å²) >= 11 is 0. The summed E-state index contributed by atoms with van der Waals surface area (Å²) in [6, 6.07) is 13.4. The van der Waals surface area contributed by atoms with Crippen molar-refractivity contribution in [3.05, 3.63) is 71.0 Å². The first-order valence-corrected chi connectivity index (χ1v) is 7.10. The molecule has 0 atom stereocenters. The van der Waals surface area contributed by atoms with Gasteiger partial charge in [0.1, 0.15) is 5.82 Å². The van der Waals surface area contributed by atoms with Crippen molar-refractivity contribution in [3.63, 3.8) is 0 Å². The van der Waals surface area contributed by atoms with Crippen molar-refractivity contribution in [2.24, 2.45) is 0 Å². The lowest BCUT2D eigenvalue weighted by Crippen LogP contribution is -2.01. The molecular formula is C18H19FO. The molecule has 0 saturated carbocycles. The van der Waals surface area contributed by atoms with Crippen LogP contribution in [0.15, 0.2) is 48.5 Å². The third-order valence-electron chi connectivity index (χ3n) is 3.39. The zero-order chi connectivity index (χ0) is 14.4. The van der Waals surface area contributed by atoms with Crippen LogP contribution in [-0.2, 0) is 6.42 Å².